The predicted octanol–water partition coefficient (Wildman–Crippen LogP) is 2.64. The molecule has 1 saturated heterocycles. The third-order valence-electron chi connectivity index (χ3n) is 3.51. The summed E-state index contributed by atoms with van der Waals surface area (Å²) >= 11 is 0. The molecule has 0 bridgehead atoms. The Balaban J connectivity index is 2.23. The molecule has 1 fully saturated rings. The van der Waals surface area contributed by atoms with Crippen LogP contribution in [0.1, 0.15) is 26.7 Å². The molecule has 0 aromatic heterocycles. The molecular weight excluding hydrogens is 253 g/mol. The van der Waals surface area contributed by atoms with Crippen molar-refractivity contribution in [3.05, 3.63) is 30.1 Å². The lowest BCUT2D eigenvalue weighted by Crippen LogP contribution is -2.41. The zero-order valence-electron chi connectivity index (χ0n) is 10.7. The van der Waals surface area contributed by atoms with Crippen molar-refractivity contribution in [1.29, 1.82) is 0 Å². The smallest absolute Gasteiger partial charge is 0.207 e. The molecule has 0 unspecified atom stereocenters. The van der Waals surface area contributed by atoms with Gasteiger partial charge in [-0.2, -0.15) is 4.31 Å². The van der Waals surface area contributed by atoms with Crippen molar-refractivity contribution in [3.63, 3.8) is 0 Å². The summed E-state index contributed by atoms with van der Waals surface area (Å²) in [5.74, 6) is -0.520. The van der Waals surface area contributed by atoms with Gasteiger partial charge in [0, 0.05) is 13.1 Å². The van der Waals surface area contributed by atoms with Gasteiger partial charge in [-0.1, -0.05) is 19.9 Å². The standard InChI is InChI=1S/C13H18FNO2S/c1-13(2)6-8-15(9-7-13)18(16,17)12-5-3-4-11(14)10-12/h3-5,10H,6-9H2,1-2H3. The first-order valence-electron chi connectivity index (χ1n) is 6.07. The van der Waals surface area contributed by atoms with E-state index in [9.17, 15) is 12.8 Å². The highest BCUT2D eigenvalue weighted by Crippen LogP contribution is 2.32. The maximum absolute atomic E-state index is 13.1. The van der Waals surface area contributed by atoms with E-state index in [0.29, 0.717) is 13.1 Å². The Morgan fingerprint density at radius 2 is 1.83 bits per heavy atom. The molecule has 0 N–H and O–H groups in total. The molecule has 3 nitrogen and oxygen atoms in total. The Morgan fingerprint density at radius 1 is 1.22 bits per heavy atom. The van der Waals surface area contributed by atoms with E-state index < -0.39 is 15.8 Å². The first-order valence-corrected chi connectivity index (χ1v) is 7.51. The van der Waals surface area contributed by atoms with Crippen molar-refractivity contribution >= 4 is 10.0 Å². The van der Waals surface area contributed by atoms with Crippen molar-refractivity contribution in [2.24, 2.45) is 5.41 Å². The highest BCUT2D eigenvalue weighted by atomic mass is 32.2. The van der Waals surface area contributed by atoms with Crippen LogP contribution in [0.2, 0.25) is 0 Å². The fourth-order valence-corrected chi connectivity index (χ4v) is 3.58. The second kappa shape index (κ2) is 4.63. The highest BCUT2D eigenvalue weighted by molar-refractivity contribution is 7.89. The third kappa shape index (κ3) is 2.72. The number of hydrogen-bond donors (Lipinski definition) is 0. The van der Waals surface area contributed by atoms with Gasteiger partial charge in [-0.25, -0.2) is 12.8 Å². The first-order chi connectivity index (χ1) is 8.31. The van der Waals surface area contributed by atoms with Crippen molar-refractivity contribution in [1.82, 2.24) is 4.31 Å². The average Bonchev–Trinajstić information content (AvgIpc) is 2.28. The minimum Gasteiger partial charge on any atom is -0.207 e. The van der Waals surface area contributed by atoms with Crippen molar-refractivity contribution < 1.29 is 12.8 Å². The number of piperidine rings is 1. The largest absolute Gasteiger partial charge is 0.243 e. The molecule has 1 aromatic rings. The Morgan fingerprint density at radius 3 is 2.39 bits per heavy atom. The Bertz CT molecular complexity index is 530. The summed E-state index contributed by atoms with van der Waals surface area (Å²) < 4.78 is 39.2. The van der Waals surface area contributed by atoms with Crippen molar-refractivity contribution in [3.8, 4) is 0 Å². The Hall–Kier alpha value is -0.940. The van der Waals surface area contributed by atoms with Gasteiger partial charge in [0.1, 0.15) is 5.82 Å². The molecule has 1 heterocycles. The van der Waals surface area contributed by atoms with Gasteiger partial charge in [0.15, 0.2) is 0 Å². The lowest BCUT2D eigenvalue weighted by atomic mass is 9.83. The number of halogens is 1. The van der Waals surface area contributed by atoms with E-state index in [4.69, 9.17) is 0 Å². The van der Waals surface area contributed by atoms with Crippen LogP contribution in [0.4, 0.5) is 4.39 Å². The van der Waals surface area contributed by atoms with E-state index in [1.54, 1.807) is 0 Å². The molecule has 2 rings (SSSR count). The second-order valence-electron chi connectivity index (χ2n) is 5.53. The number of sulfonamides is 1. The van der Waals surface area contributed by atoms with E-state index in [2.05, 4.69) is 13.8 Å². The molecule has 100 valence electrons. The monoisotopic (exact) mass is 271 g/mol. The van der Waals surface area contributed by atoms with Crippen LogP contribution < -0.4 is 0 Å². The number of rotatable bonds is 2. The lowest BCUT2D eigenvalue weighted by Gasteiger charge is -2.36. The quantitative estimate of drug-likeness (QED) is 0.829. The fourth-order valence-electron chi connectivity index (χ4n) is 2.11. The van der Waals surface area contributed by atoms with Crippen molar-refractivity contribution in [2.45, 2.75) is 31.6 Å². The molecule has 0 radical (unpaired) electrons. The number of hydrogen-bond acceptors (Lipinski definition) is 2. The summed E-state index contributed by atoms with van der Waals surface area (Å²) in [6.45, 7) is 5.29. The normalized spacial score (nSPS) is 20.8. The maximum atomic E-state index is 13.1. The molecule has 1 aliphatic heterocycles. The SMILES string of the molecule is CC1(C)CCN(S(=O)(=O)c2cccc(F)c2)CC1. The molecule has 0 saturated carbocycles. The van der Waals surface area contributed by atoms with E-state index >= 15 is 0 Å². The molecule has 1 aromatic carbocycles. The molecule has 18 heavy (non-hydrogen) atoms. The fraction of sp³-hybridized carbons (Fsp3) is 0.538. The minimum absolute atomic E-state index is 0.0437. The molecule has 0 amide bonds. The van der Waals surface area contributed by atoms with Crippen LogP contribution in [0.3, 0.4) is 0 Å². The van der Waals surface area contributed by atoms with Gasteiger partial charge < -0.3 is 0 Å². The molecule has 0 aliphatic carbocycles. The summed E-state index contributed by atoms with van der Waals surface area (Å²) in [5, 5.41) is 0. The average molecular weight is 271 g/mol. The van der Waals surface area contributed by atoms with Gasteiger partial charge in [0.2, 0.25) is 10.0 Å². The lowest BCUT2D eigenvalue weighted by molar-refractivity contribution is 0.196. The first kappa shape index (κ1) is 13.5. The topological polar surface area (TPSA) is 37.4 Å². The van der Waals surface area contributed by atoms with Gasteiger partial charge in [0.05, 0.1) is 4.90 Å². The minimum atomic E-state index is -3.54. The molecular formula is C13H18FNO2S. The summed E-state index contributed by atoms with van der Waals surface area (Å²) in [7, 11) is -3.54. The highest BCUT2D eigenvalue weighted by Gasteiger charge is 2.32. The van der Waals surface area contributed by atoms with Crippen LogP contribution in [0.5, 0.6) is 0 Å². The third-order valence-corrected chi connectivity index (χ3v) is 5.40. The van der Waals surface area contributed by atoms with Crippen LogP contribution in [0.25, 0.3) is 0 Å². The molecule has 0 spiro atoms. The second-order valence-corrected chi connectivity index (χ2v) is 7.46. The van der Waals surface area contributed by atoms with Crippen LogP contribution in [-0.2, 0) is 10.0 Å². The summed E-state index contributed by atoms with van der Waals surface area (Å²) in [6, 6.07) is 5.20. The molecule has 1 aliphatic rings. The van der Waals surface area contributed by atoms with E-state index in [0.717, 1.165) is 18.9 Å². The van der Waals surface area contributed by atoms with Gasteiger partial charge in [-0.3, -0.25) is 0 Å². The van der Waals surface area contributed by atoms with Crippen LogP contribution in [0, 0.1) is 11.2 Å². The van der Waals surface area contributed by atoms with E-state index in [1.807, 2.05) is 0 Å². The number of benzene rings is 1. The van der Waals surface area contributed by atoms with Crippen LogP contribution in [0.15, 0.2) is 29.2 Å². The molecule has 0 atom stereocenters. The Labute approximate surface area is 108 Å². The maximum Gasteiger partial charge on any atom is 0.243 e. The zero-order valence-corrected chi connectivity index (χ0v) is 11.5. The van der Waals surface area contributed by atoms with E-state index in [1.165, 1.54) is 22.5 Å². The van der Waals surface area contributed by atoms with Gasteiger partial charge in [-0.05, 0) is 36.5 Å². The van der Waals surface area contributed by atoms with Crippen LogP contribution in [-0.4, -0.2) is 25.8 Å². The zero-order chi connectivity index (χ0) is 13.4. The summed E-state index contributed by atoms with van der Waals surface area (Å²) in [5.41, 5.74) is 0.188. The van der Waals surface area contributed by atoms with Gasteiger partial charge >= 0.3 is 0 Å². The van der Waals surface area contributed by atoms with E-state index in [-0.39, 0.29) is 10.3 Å². The van der Waals surface area contributed by atoms with Gasteiger partial charge in [-0.15, -0.1) is 0 Å². The predicted molar refractivity (Wildman–Crippen MR) is 68.2 cm³/mol. The van der Waals surface area contributed by atoms with Gasteiger partial charge in [0.25, 0.3) is 0 Å². The molecule has 5 heteroatoms. The Kier molecular flexibility index (Phi) is 3.47. The van der Waals surface area contributed by atoms with Crippen molar-refractivity contribution in [2.75, 3.05) is 13.1 Å². The summed E-state index contributed by atoms with van der Waals surface area (Å²) in [6.07, 6.45) is 1.67. The van der Waals surface area contributed by atoms with Crippen LogP contribution >= 0.6 is 0 Å². The summed E-state index contributed by atoms with van der Waals surface area (Å²) in [4.78, 5) is 0.0437. The number of nitrogens with zero attached hydrogens (tertiary/aromatic N) is 1.